The quantitative estimate of drug-likeness (QED) is 0.816. The molecule has 4 nitrogen and oxygen atoms in total. The second kappa shape index (κ2) is 4.46. The molecule has 3 rings (SSSR count). The molecule has 2 heterocycles. The minimum Gasteiger partial charge on any atom is -0.383 e. The first-order chi connectivity index (χ1) is 9.51. The van der Waals surface area contributed by atoms with Crippen molar-refractivity contribution in [1.82, 2.24) is 9.97 Å². The van der Waals surface area contributed by atoms with Crippen LogP contribution in [-0.2, 0) is 5.41 Å². The fourth-order valence-electron chi connectivity index (χ4n) is 2.50. The standard InChI is InChI=1S/C15H13ClN4/c1-15(2)8-19-13-10(7-17)5-9(6-11(13)15)12-3-4-18-14(16)20-12/h3-6,19H,8H2,1-2H3. The van der Waals surface area contributed by atoms with Crippen molar-refractivity contribution < 1.29 is 0 Å². The summed E-state index contributed by atoms with van der Waals surface area (Å²) in [6, 6.07) is 7.96. The summed E-state index contributed by atoms with van der Waals surface area (Å²) < 4.78 is 0. The van der Waals surface area contributed by atoms with E-state index in [0.717, 1.165) is 29.1 Å². The van der Waals surface area contributed by atoms with Gasteiger partial charge in [-0.1, -0.05) is 13.8 Å². The molecule has 0 aliphatic carbocycles. The van der Waals surface area contributed by atoms with Gasteiger partial charge in [0.05, 0.1) is 16.9 Å². The summed E-state index contributed by atoms with van der Waals surface area (Å²) in [4.78, 5) is 8.10. The first-order valence-electron chi connectivity index (χ1n) is 6.33. The molecule has 0 atom stereocenters. The lowest BCUT2D eigenvalue weighted by atomic mass is 9.85. The lowest BCUT2D eigenvalue weighted by molar-refractivity contribution is 0.586. The lowest BCUT2D eigenvalue weighted by Gasteiger charge is -2.18. The van der Waals surface area contributed by atoms with E-state index in [4.69, 9.17) is 11.6 Å². The molecule has 0 saturated heterocycles. The monoisotopic (exact) mass is 284 g/mol. The first kappa shape index (κ1) is 12.9. The molecule has 20 heavy (non-hydrogen) atoms. The molecule has 1 aliphatic rings. The van der Waals surface area contributed by atoms with Crippen molar-refractivity contribution in [2.24, 2.45) is 0 Å². The van der Waals surface area contributed by atoms with Gasteiger partial charge in [0.2, 0.25) is 5.28 Å². The van der Waals surface area contributed by atoms with Crippen LogP contribution in [0.3, 0.4) is 0 Å². The fraction of sp³-hybridized carbons (Fsp3) is 0.267. The number of nitrogens with zero attached hydrogens (tertiary/aromatic N) is 3. The van der Waals surface area contributed by atoms with Crippen molar-refractivity contribution in [3.8, 4) is 17.3 Å². The molecule has 0 saturated carbocycles. The highest BCUT2D eigenvalue weighted by molar-refractivity contribution is 6.28. The third-order valence-electron chi connectivity index (χ3n) is 3.62. The second-order valence-corrected chi connectivity index (χ2v) is 5.84. The molecule has 1 aliphatic heterocycles. The first-order valence-corrected chi connectivity index (χ1v) is 6.70. The Balaban J connectivity index is 2.23. The Kier molecular flexibility index (Phi) is 2.88. The summed E-state index contributed by atoms with van der Waals surface area (Å²) in [7, 11) is 0. The fourth-order valence-corrected chi connectivity index (χ4v) is 2.65. The number of benzene rings is 1. The van der Waals surface area contributed by atoms with Gasteiger partial charge in [-0.15, -0.1) is 0 Å². The van der Waals surface area contributed by atoms with Crippen molar-refractivity contribution in [1.29, 1.82) is 5.26 Å². The molecule has 0 amide bonds. The van der Waals surface area contributed by atoms with Gasteiger partial charge in [0, 0.05) is 23.7 Å². The summed E-state index contributed by atoms with van der Waals surface area (Å²) in [5.74, 6) is 0. The van der Waals surface area contributed by atoms with Crippen LogP contribution in [0.5, 0.6) is 0 Å². The average Bonchev–Trinajstić information content (AvgIpc) is 2.74. The van der Waals surface area contributed by atoms with E-state index in [1.165, 1.54) is 0 Å². The van der Waals surface area contributed by atoms with Gasteiger partial charge in [-0.25, -0.2) is 9.97 Å². The van der Waals surface area contributed by atoms with Crippen LogP contribution in [0.15, 0.2) is 24.4 Å². The van der Waals surface area contributed by atoms with Crippen LogP contribution in [0.4, 0.5) is 5.69 Å². The smallest absolute Gasteiger partial charge is 0.222 e. The van der Waals surface area contributed by atoms with Gasteiger partial charge in [-0.2, -0.15) is 5.26 Å². The predicted octanol–water partition coefficient (Wildman–Crippen LogP) is 3.37. The largest absolute Gasteiger partial charge is 0.383 e. The molecule has 2 aromatic rings. The maximum Gasteiger partial charge on any atom is 0.222 e. The SMILES string of the molecule is CC1(C)CNc2c(C#N)cc(-c3ccnc(Cl)n3)cc21. The van der Waals surface area contributed by atoms with Crippen molar-refractivity contribution in [3.05, 3.63) is 40.8 Å². The zero-order valence-corrected chi connectivity index (χ0v) is 12.0. The predicted molar refractivity (Wildman–Crippen MR) is 78.7 cm³/mol. The zero-order chi connectivity index (χ0) is 14.3. The molecule has 5 heteroatoms. The third-order valence-corrected chi connectivity index (χ3v) is 3.80. The van der Waals surface area contributed by atoms with Crippen LogP contribution >= 0.6 is 11.6 Å². The number of nitriles is 1. The van der Waals surface area contributed by atoms with Crippen LogP contribution in [-0.4, -0.2) is 16.5 Å². The molecule has 1 aromatic carbocycles. The van der Waals surface area contributed by atoms with E-state index < -0.39 is 0 Å². The molecule has 0 radical (unpaired) electrons. The van der Waals surface area contributed by atoms with Gasteiger partial charge in [0.25, 0.3) is 0 Å². The highest BCUT2D eigenvalue weighted by atomic mass is 35.5. The Morgan fingerprint density at radius 2 is 2.20 bits per heavy atom. The van der Waals surface area contributed by atoms with Gasteiger partial charge in [-0.3, -0.25) is 0 Å². The molecule has 1 aromatic heterocycles. The number of hydrogen-bond donors (Lipinski definition) is 1. The summed E-state index contributed by atoms with van der Waals surface area (Å²) in [6.45, 7) is 5.14. The molecular formula is C15H13ClN4. The minimum absolute atomic E-state index is 0.00618. The van der Waals surface area contributed by atoms with E-state index in [-0.39, 0.29) is 10.7 Å². The Morgan fingerprint density at radius 3 is 2.90 bits per heavy atom. The number of hydrogen-bond acceptors (Lipinski definition) is 4. The molecule has 0 unspecified atom stereocenters. The number of fused-ring (bicyclic) bond motifs is 1. The zero-order valence-electron chi connectivity index (χ0n) is 11.2. The number of nitrogens with one attached hydrogen (secondary N) is 1. The number of anilines is 1. The Hall–Kier alpha value is -2.12. The van der Waals surface area contributed by atoms with E-state index in [1.807, 2.05) is 6.07 Å². The highest BCUT2D eigenvalue weighted by Gasteiger charge is 2.32. The molecule has 100 valence electrons. The van der Waals surface area contributed by atoms with Crippen LogP contribution in [0.25, 0.3) is 11.3 Å². The van der Waals surface area contributed by atoms with Crippen molar-refractivity contribution in [2.75, 3.05) is 11.9 Å². The van der Waals surface area contributed by atoms with Crippen LogP contribution in [0.2, 0.25) is 5.28 Å². The Labute approximate surface area is 122 Å². The molecular weight excluding hydrogens is 272 g/mol. The van der Waals surface area contributed by atoms with E-state index in [1.54, 1.807) is 12.3 Å². The minimum atomic E-state index is -0.00618. The van der Waals surface area contributed by atoms with Crippen molar-refractivity contribution in [3.63, 3.8) is 0 Å². The summed E-state index contributed by atoms with van der Waals surface area (Å²) in [6.07, 6.45) is 1.62. The topological polar surface area (TPSA) is 61.6 Å². The van der Waals surface area contributed by atoms with E-state index in [2.05, 4.69) is 41.3 Å². The highest BCUT2D eigenvalue weighted by Crippen LogP contribution is 2.40. The molecule has 0 bridgehead atoms. The van der Waals surface area contributed by atoms with E-state index in [9.17, 15) is 5.26 Å². The number of rotatable bonds is 1. The number of aromatic nitrogens is 2. The van der Waals surface area contributed by atoms with E-state index in [0.29, 0.717) is 5.56 Å². The van der Waals surface area contributed by atoms with Crippen LogP contribution in [0.1, 0.15) is 25.0 Å². The van der Waals surface area contributed by atoms with Gasteiger partial charge < -0.3 is 5.32 Å². The van der Waals surface area contributed by atoms with Gasteiger partial charge >= 0.3 is 0 Å². The summed E-state index contributed by atoms with van der Waals surface area (Å²) >= 11 is 5.84. The second-order valence-electron chi connectivity index (χ2n) is 5.51. The maximum absolute atomic E-state index is 9.35. The summed E-state index contributed by atoms with van der Waals surface area (Å²) in [5.41, 5.74) is 4.32. The Bertz CT molecular complexity index is 731. The van der Waals surface area contributed by atoms with Crippen molar-refractivity contribution in [2.45, 2.75) is 19.3 Å². The molecule has 1 N–H and O–H groups in total. The molecule has 0 spiro atoms. The van der Waals surface area contributed by atoms with Crippen LogP contribution < -0.4 is 5.32 Å². The maximum atomic E-state index is 9.35. The van der Waals surface area contributed by atoms with Crippen molar-refractivity contribution >= 4 is 17.3 Å². The van der Waals surface area contributed by atoms with E-state index >= 15 is 0 Å². The van der Waals surface area contributed by atoms with Gasteiger partial charge in [0.1, 0.15) is 6.07 Å². The normalized spacial score (nSPS) is 15.3. The third kappa shape index (κ3) is 2.00. The lowest BCUT2D eigenvalue weighted by Crippen LogP contribution is -2.18. The van der Waals surface area contributed by atoms with Gasteiger partial charge in [-0.05, 0) is 35.4 Å². The summed E-state index contributed by atoms with van der Waals surface area (Å²) in [5, 5.41) is 12.9. The van der Waals surface area contributed by atoms with Crippen LogP contribution in [0, 0.1) is 11.3 Å². The van der Waals surface area contributed by atoms with Gasteiger partial charge in [0.15, 0.2) is 0 Å². The molecule has 0 fully saturated rings. The number of halogens is 1. The average molecular weight is 285 g/mol. The Morgan fingerprint density at radius 1 is 1.40 bits per heavy atom.